The lowest BCUT2D eigenvalue weighted by Crippen LogP contribution is -2.31. The van der Waals surface area contributed by atoms with Crippen molar-refractivity contribution >= 4 is 15.9 Å². The molecule has 90 valence electrons. The molecule has 0 bridgehead atoms. The lowest BCUT2D eigenvalue weighted by Gasteiger charge is -2.22. The number of hydrogen-bond acceptors (Lipinski definition) is 3. The van der Waals surface area contributed by atoms with E-state index in [1.807, 2.05) is 18.7 Å². The number of aryl methyl sites for hydroxylation is 2. The van der Waals surface area contributed by atoms with E-state index >= 15 is 0 Å². The van der Waals surface area contributed by atoms with Gasteiger partial charge in [-0.15, -0.1) is 0 Å². The fourth-order valence-electron chi connectivity index (χ4n) is 2.49. The van der Waals surface area contributed by atoms with Gasteiger partial charge >= 0.3 is 0 Å². The molecule has 1 aliphatic rings. The Morgan fingerprint density at radius 3 is 2.81 bits per heavy atom. The van der Waals surface area contributed by atoms with Crippen LogP contribution in [0.1, 0.15) is 30.7 Å². The lowest BCUT2D eigenvalue weighted by molar-refractivity contribution is 0.0448. The summed E-state index contributed by atoms with van der Waals surface area (Å²) >= 11 is 3.52. The van der Waals surface area contributed by atoms with Crippen LogP contribution in [0.5, 0.6) is 0 Å². The summed E-state index contributed by atoms with van der Waals surface area (Å²) in [6, 6.07) is 0.137. The smallest absolute Gasteiger partial charge is 0.0738 e. The van der Waals surface area contributed by atoms with Crippen molar-refractivity contribution in [1.82, 2.24) is 9.78 Å². The average Bonchev–Trinajstić information content (AvgIpc) is 2.63. The summed E-state index contributed by atoms with van der Waals surface area (Å²) in [6.45, 7) is 1.96. The van der Waals surface area contributed by atoms with Gasteiger partial charge in [0.05, 0.1) is 21.5 Å². The van der Waals surface area contributed by atoms with Crippen LogP contribution in [-0.4, -0.2) is 26.5 Å². The molecule has 1 aliphatic carbocycles. The van der Waals surface area contributed by atoms with E-state index in [-0.39, 0.29) is 6.04 Å². The summed E-state index contributed by atoms with van der Waals surface area (Å²) in [5, 5.41) is 14.8. The standard InChI is InChI=1S/C11H18BrN3O/c1-7-10(12)9(15(2)14-7)6-11(16)4-3-8(13)5-11/h8,16H,3-6,13H2,1-2H3. The maximum Gasteiger partial charge on any atom is 0.0738 e. The Bertz CT molecular complexity index is 404. The highest BCUT2D eigenvalue weighted by atomic mass is 79.9. The highest BCUT2D eigenvalue weighted by Crippen LogP contribution is 2.34. The highest BCUT2D eigenvalue weighted by molar-refractivity contribution is 9.10. The number of nitrogens with two attached hydrogens (primary N) is 1. The largest absolute Gasteiger partial charge is 0.389 e. The minimum atomic E-state index is -0.651. The SMILES string of the molecule is Cc1nn(C)c(CC2(O)CCC(N)C2)c1Br. The van der Waals surface area contributed by atoms with Crippen molar-refractivity contribution in [3.8, 4) is 0 Å². The van der Waals surface area contributed by atoms with Crippen LogP contribution >= 0.6 is 15.9 Å². The number of nitrogens with zero attached hydrogens (tertiary/aromatic N) is 2. The molecule has 3 N–H and O–H groups in total. The Balaban J connectivity index is 2.21. The normalized spacial score (nSPS) is 29.9. The molecule has 0 saturated heterocycles. The van der Waals surface area contributed by atoms with Gasteiger partial charge < -0.3 is 10.8 Å². The van der Waals surface area contributed by atoms with Gasteiger partial charge in [0, 0.05) is 19.5 Å². The molecule has 5 heteroatoms. The second-order valence-electron chi connectivity index (χ2n) is 4.87. The van der Waals surface area contributed by atoms with Crippen molar-refractivity contribution in [1.29, 1.82) is 0 Å². The molecule has 1 aromatic rings. The van der Waals surface area contributed by atoms with Gasteiger partial charge in [-0.25, -0.2) is 0 Å². The van der Waals surface area contributed by atoms with Crippen LogP contribution < -0.4 is 5.73 Å². The third kappa shape index (κ3) is 2.17. The van der Waals surface area contributed by atoms with E-state index in [0.717, 1.165) is 28.7 Å². The molecule has 1 fully saturated rings. The van der Waals surface area contributed by atoms with Gasteiger partial charge in [0.2, 0.25) is 0 Å². The fraction of sp³-hybridized carbons (Fsp3) is 0.727. The van der Waals surface area contributed by atoms with Crippen molar-refractivity contribution < 1.29 is 5.11 Å². The summed E-state index contributed by atoms with van der Waals surface area (Å²) in [7, 11) is 1.91. The molecule has 4 nitrogen and oxygen atoms in total. The van der Waals surface area contributed by atoms with Crippen molar-refractivity contribution in [2.24, 2.45) is 12.8 Å². The number of rotatable bonds is 2. The Morgan fingerprint density at radius 2 is 2.38 bits per heavy atom. The van der Waals surface area contributed by atoms with E-state index in [1.165, 1.54) is 0 Å². The van der Waals surface area contributed by atoms with Gasteiger partial charge in [-0.1, -0.05) is 0 Å². The van der Waals surface area contributed by atoms with E-state index in [0.29, 0.717) is 12.8 Å². The molecule has 2 atom stereocenters. The van der Waals surface area contributed by atoms with Gasteiger partial charge in [0.1, 0.15) is 0 Å². The molecule has 0 spiro atoms. The van der Waals surface area contributed by atoms with Crippen molar-refractivity contribution in [2.75, 3.05) is 0 Å². The predicted octanol–water partition coefficient (Wildman–Crippen LogP) is 1.28. The lowest BCUT2D eigenvalue weighted by atomic mass is 9.95. The molecule has 0 aliphatic heterocycles. The first-order valence-electron chi connectivity index (χ1n) is 5.57. The number of aliphatic hydroxyl groups is 1. The van der Waals surface area contributed by atoms with Crippen LogP contribution in [0.2, 0.25) is 0 Å². The van der Waals surface area contributed by atoms with Gasteiger partial charge in [-0.2, -0.15) is 5.10 Å². The van der Waals surface area contributed by atoms with Crippen molar-refractivity contribution in [2.45, 2.75) is 44.2 Å². The molecule has 16 heavy (non-hydrogen) atoms. The monoisotopic (exact) mass is 287 g/mol. The molecule has 1 aromatic heterocycles. The molecule has 0 aromatic carbocycles. The predicted molar refractivity (Wildman–Crippen MR) is 66.1 cm³/mol. The van der Waals surface area contributed by atoms with Crippen molar-refractivity contribution in [3.63, 3.8) is 0 Å². The Labute approximate surface area is 104 Å². The van der Waals surface area contributed by atoms with E-state index in [9.17, 15) is 5.11 Å². The number of aromatic nitrogens is 2. The van der Waals surface area contributed by atoms with Gasteiger partial charge in [0.25, 0.3) is 0 Å². The molecule has 2 rings (SSSR count). The fourth-order valence-corrected chi connectivity index (χ4v) is 2.97. The quantitative estimate of drug-likeness (QED) is 0.861. The van der Waals surface area contributed by atoms with Crippen LogP contribution in [0.4, 0.5) is 0 Å². The molecule has 0 radical (unpaired) electrons. The number of halogens is 1. The highest BCUT2D eigenvalue weighted by Gasteiger charge is 2.37. The average molecular weight is 288 g/mol. The molecule has 2 unspecified atom stereocenters. The molecule has 1 heterocycles. The van der Waals surface area contributed by atoms with E-state index < -0.39 is 5.60 Å². The molecular weight excluding hydrogens is 270 g/mol. The Morgan fingerprint density at radius 1 is 1.69 bits per heavy atom. The maximum absolute atomic E-state index is 10.4. The first-order chi connectivity index (χ1) is 7.41. The zero-order valence-electron chi connectivity index (χ0n) is 9.70. The van der Waals surface area contributed by atoms with E-state index in [2.05, 4.69) is 21.0 Å². The van der Waals surface area contributed by atoms with Crippen molar-refractivity contribution in [3.05, 3.63) is 15.9 Å². The second kappa shape index (κ2) is 4.13. The number of hydrogen-bond donors (Lipinski definition) is 2. The molecule has 0 amide bonds. The van der Waals surface area contributed by atoms with E-state index in [1.54, 1.807) is 0 Å². The van der Waals surface area contributed by atoms with Crippen LogP contribution in [0.25, 0.3) is 0 Å². The molecule has 1 saturated carbocycles. The summed E-state index contributed by atoms with van der Waals surface area (Å²) in [6.07, 6.45) is 3.00. The molecular formula is C11H18BrN3O. The van der Waals surface area contributed by atoms with E-state index in [4.69, 9.17) is 5.73 Å². The minimum absolute atomic E-state index is 0.137. The summed E-state index contributed by atoms with van der Waals surface area (Å²) in [5.74, 6) is 0. The first-order valence-corrected chi connectivity index (χ1v) is 6.36. The van der Waals surface area contributed by atoms with Crippen LogP contribution in [-0.2, 0) is 13.5 Å². The summed E-state index contributed by atoms with van der Waals surface area (Å²) in [5.41, 5.74) is 7.21. The van der Waals surface area contributed by atoms with Crippen LogP contribution in [0.3, 0.4) is 0 Å². The van der Waals surface area contributed by atoms with Crippen LogP contribution in [0.15, 0.2) is 4.47 Å². The second-order valence-corrected chi connectivity index (χ2v) is 5.67. The van der Waals surface area contributed by atoms with Gasteiger partial charge in [-0.05, 0) is 42.1 Å². The third-order valence-corrected chi connectivity index (χ3v) is 4.41. The van der Waals surface area contributed by atoms with Crippen LogP contribution in [0, 0.1) is 6.92 Å². The van der Waals surface area contributed by atoms with Gasteiger partial charge in [0.15, 0.2) is 0 Å². The zero-order chi connectivity index (χ0) is 11.9. The maximum atomic E-state index is 10.4. The topological polar surface area (TPSA) is 64.1 Å². The first kappa shape index (κ1) is 12.1. The zero-order valence-corrected chi connectivity index (χ0v) is 11.3. The van der Waals surface area contributed by atoms with Gasteiger partial charge in [-0.3, -0.25) is 4.68 Å². The summed E-state index contributed by atoms with van der Waals surface area (Å²) in [4.78, 5) is 0. The Hall–Kier alpha value is -0.390. The minimum Gasteiger partial charge on any atom is -0.389 e. The Kier molecular flexibility index (Phi) is 3.11. The third-order valence-electron chi connectivity index (χ3n) is 3.38. The summed E-state index contributed by atoms with van der Waals surface area (Å²) < 4.78 is 2.84.